The van der Waals surface area contributed by atoms with Gasteiger partial charge in [-0.25, -0.2) is 0 Å². The van der Waals surface area contributed by atoms with E-state index < -0.39 is 0 Å². The zero-order valence-electron chi connectivity index (χ0n) is 50.8. The molecule has 2 aromatic heterocycles. The van der Waals surface area contributed by atoms with Gasteiger partial charge in [-0.1, -0.05) is 225 Å². The number of benzene rings is 11. The number of fused-ring (bicyclic) bond motifs is 17. The third kappa shape index (κ3) is 5.96. The molecular weight excluding hydrogens is 1120 g/mol. The fourth-order valence-corrected chi connectivity index (χ4v) is 19.9. The molecule has 13 aromatic rings. The van der Waals surface area contributed by atoms with Gasteiger partial charge in [0.1, 0.15) is 0 Å². The van der Waals surface area contributed by atoms with E-state index in [1.54, 1.807) is 0 Å². The second-order valence-corrected chi connectivity index (χ2v) is 27.8. The van der Waals surface area contributed by atoms with Crippen LogP contribution in [0.1, 0.15) is 57.7 Å². The van der Waals surface area contributed by atoms with Crippen molar-refractivity contribution in [3.8, 4) is 33.6 Å². The predicted molar refractivity (Wildman–Crippen MR) is 392 cm³/mol. The van der Waals surface area contributed by atoms with Gasteiger partial charge < -0.3 is 9.13 Å². The normalized spacial score (nSPS) is 19.0. The van der Waals surface area contributed by atoms with Crippen molar-refractivity contribution >= 4 is 133 Å². The zero-order chi connectivity index (χ0) is 59.8. The summed E-state index contributed by atoms with van der Waals surface area (Å²) in [4.78, 5) is 0. The van der Waals surface area contributed by atoms with Crippen molar-refractivity contribution in [2.45, 2.75) is 31.6 Å². The Kier molecular flexibility index (Phi) is 8.88. The Morgan fingerprint density at radius 2 is 1.13 bits per heavy atom. The Morgan fingerprint density at radius 3 is 2.04 bits per heavy atom. The van der Waals surface area contributed by atoms with Crippen molar-refractivity contribution in [3.05, 3.63) is 327 Å². The monoisotopic (exact) mass is 1170 g/mol. The molecule has 4 heterocycles. The van der Waals surface area contributed by atoms with Gasteiger partial charge in [0.2, 0.25) is 0 Å². The third-order valence-corrected chi connectivity index (χ3v) is 23.7. The highest BCUT2D eigenvalue weighted by molar-refractivity contribution is 7.00. The zero-order valence-corrected chi connectivity index (χ0v) is 50.8. The minimum Gasteiger partial charge on any atom is -0.310 e. The lowest BCUT2D eigenvalue weighted by Gasteiger charge is -2.37. The van der Waals surface area contributed by atoms with E-state index in [-0.39, 0.29) is 18.5 Å². The van der Waals surface area contributed by atoms with Crippen LogP contribution in [0.5, 0.6) is 0 Å². The lowest BCUT2D eigenvalue weighted by atomic mass is 9.34. The summed E-state index contributed by atoms with van der Waals surface area (Å²) in [6.07, 6.45) is 44.5. The number of aromatic nitrogens is 2. The minimum absolute atomic E-state index is 0.0999. The summed E-state index contributed by atoms with van der Waals surface area (Å²) in [6.45, 7) is -0.0999. The summed E-state index contributed by atoms with van der Waals surface area (Å²) in [5.41, 5.74) is 39.3. The van der Waals surface area contributed by atoms with E-state index in [2.05, 4.69) is 270 Å². The van der Waals surface area contributed by atoms with Crippen molar-refractivity contribution in [3.63, 3.8) is 0 Å². The number of nitrogens with zero attached hydrogens (tertiary/aromatic N) is 2. The van der Waals surface area contributed by atoms with Gasteiger partial charge in [0.15, 0.2) is 0 Å². The van der Waals surface area contributed by atoms with Crippen molar-refractivity contribution in [1.82, 2.24) is 9.13 Å². The van der Waals surface area contributed by atoms with Gasteiger partial charge in [-0.15, -0.1) is 0 Å². The molecule has 0 spiro atoms. The van der Waals surface area contributed by atoms with E-state index in [1.165, 1.54) is 226 Å². The predicted octanol–water partition coefficient (Wildman–Crippen LogP) is 20.0. The van der Waals surface area contributed by atoms with Crippen molar-refractivity contribution in [2.75, 3.05) is 0 Å². The van der Waals surface area contributed by atoms with Gasteiger partial charge in [-0.3, -0.25) is 0 Å². The molecule has 0 N–H and O–H groups in total. The van der Waals surface area contributed by atoms with E-state index in [4.69, 9.17) is 0 Å². The van der Waals surface area contributed by atoms with E-state index >= 15 is 0 Å². The molecule has 11 aromatic carbocycles. The Morgan fingerprint density at radius 1 is 0.409 bits per heavy atom. The first kappa shape index (κ1) is 48.6. The molecule has 0 radical (unpaired) electrons. The Hall–Kier alpha value is -11.3. The largest absolute Gasteiger partial charge is 0.310 e. The molecule has 2 atom stereocenters. The van der Waals surface area contributed by atoms with Crippen LogP contribution >= 0.6 is 0 Å². The molecule has 3 heteroatoms. The molecule has 426 valence electrons. The summed E-state index contributed by atoms with van der Waals surface area (Å²) in [5, 5.41) is 15.7. The summed E-state index contributed by atoms with van der Waals surface area (Å²) < 4.78 is 5.43. The van der Waals surface area contributed by atoms with Gasteiger partial charge in [-0.2, -0.15) is 0 Å². The molecular formula is C90H53BN2. The number of hydrogen-bond acceptors (Lipinski definition) is 0. The smallest absolute Gasteiger partial charge is 0.252 e. The van der Waals surface area contributed by atoms with E-state index in [0.717, 1.165) is 25.7 Å². The Labute approximate surface area is 536 Å². The lowest BCUT2D eigenvalue weighted by Crippen LogP contribution is -2.59. The SMILES string of the molecule is C1=CC2=CCc3ccc(-c4cc5c6c(c4)c4ccc7c8ccccc8c8ccccc8c7c4n6-c4cccc6c4B5c4cc(C5=C7C=CC8=C9C(=CC=C(C=C5)C79)CC=C8)cc5c7cc(-c8ccc9c%10c%11c(ccc8%10)C=CCC%11=CC9)ccc7n-6c45)c4c3C2C(=C1)C=C4. The highest BCUT2D eigenvalue weighted by Crippen LogP contribution is 2.54. The molecule has 93 heavy (non-hydrogen) atoms. The van der Waals surface area contributed by atoms with Gasteiger partial charge in [0.25, 0.3) is 6.71 Å². The Balaban J connectivity index is 0.836. The highest BCUT2D eigenvalue weighted by Gasteiger charge is 2.44. The van der Waals surface area contributed by atoms with Crippen LogP contribution in [0.25, 0.3) is 144 Å². The van der Waals surface area contributed by atoms with Crippen LogP contribution in [0.3, 0.4) is 0 Å². The molecule has 0 saturated heterocycles. The van der Waals surface area contributed by atoms with Crippen molar-refractivity contribution in [1.29, 1.82) is 0 Å². The maximum Gasteiger partial charge on any atom is 0.252 e. The molecule has 0 bridgehead atoms. The van der Waals surface area contributed by atoms with Crippen LogP contribution in [0.2, 0.25) is 0 Å². The summed E-state index contributed by atoms with van der Waals surface area (Å²) >= 11 is 0. The van der Waals surface area contributed by atoms with Gasteiger partial charge >= 0.3 is 0 Å². The van der Waals surface area contributed by atoms with Gasteiger partial charge in [0.05, 0.1) is 11.0 Å². The quantitative estimate of drug-likeness (QED) is 0.123. The van der Waals surface area contributed by atoms with Crippen molar-refractivity contribution < 1.29 is 0 Å². The lowest BCUT2D eigenvalue weighted by molar-refractivity contribution is 0.835. The maximum atomic E-state index is 2.74. The fraction of sp³-hybridized carbons (Fsp3) is 0.0667. The average molecular weight is 1170 g/mol. The molecule has 0 saturated carbocycles. The van der Waals surface area contributed by atoms with E-state index in [1.807, 2.05) is 0 Å². The molecule has 2 nitrogen and oxygen atoms in total. The van der Waals surface area contributed by atoms with E-state index in [9.17, 15) is 0 Å². The van der Waals surface area contributed by atoms with Crippen LogP contribution in [0.15, 0.2) is 288 Å². The Bertz CT molecular complexity index is 6420. The van der Waals surface area contributed by atoms with Crippen LogP contribution in [-0.2, 0) is 12.8 Å². The summed E-state index contributed by atoms with van der Waals surface area (Å²) in [5.74, 6) is 0.449. The number of allylic oxidation sites excluding steroid dienone is 24. The minimum atomic E-state index is -0.0999. The van der Waals surface area contributed by atoms with Crippen LogP contribution in [0.4, 0.5) is 0 Å². The first-order valence-electron chi connectivity index (χ1n) is 33.5. The topological polar surface area (TPSA) is 9.86 Å². The maximum absolute atomic E-state index is 2.74. The standard InChI is InChI=1S/C90H53BN2/c1-2-17-65-63(15-1)64-16-3-4-18-66(64)86-70(65)40-41-71-73-44-58(61-35-28-55-25-22-49-10-6-13-52-31-38-68(61)84(55)81(49)52)47-76-89(73)93(90(71)86)79-20-8-19-78-87(79)91(76)75-46-59(62-36-29-56-26-23-50-11-7-14-53-32-39-69(62)85(56)82(50)53)45-74-72-43-57(33-42-77(72)92(78)88(74)75)60-34-27-54-24-21-48-9-5-12-51-30-37-67(60)83(54)80(48)51/h1-8,10,12-23,26-47,81,85H,9,11,24-25H2. The van der Waals surface area contributed by atoms with Gasteiger partial charge in [0, 0.05) is 61.2 Å². The summed E-state index contributed by atoms with van der Waals surface area (Å²) in [7, 11) is 0. The van der Waals surface area contributed by atoms with Crippen LogP contribution < -0.4 is 16.4 Å². The van der Waals surface area contributed by atoms with Gasteiger partial charge in [-0.05, 0) is 228 Å². The van der Waals surface area contributed by atoms with Crippen LogP contribution in [0, 0.1) is 5.92 Å². The fourth-order valence-electron chi connectivity index (χ4n) is 19.9. The number of hydrogen-bond donors (Lipinski definition) is 0. The van der Waals surface area contributed by atoms with E-state index in [0.29, 0.717) is 0 Å². The van der Waals surface area contributed by atoms with Crippen LogP contribution in [-0.4, -0.2) is 15.8 Å². The highest BCUT2D eigenvalue weighted by atomic mass is 15.0. The molecule has 0 amide bonds. The molecule has 24 rings (SSSR count). The molecule has 11 aliphatic rings. The first-order chi connectivity index (χ1) is 46.1. The molecule has 2 unspecified atom stereocenters. The third-order valence-electron chi connectivity index (χ3n) is 23.7. The molecule has 9 aliphatic carbocycles. The molecule has 2 aliphatic heterocycles. The van der Waals surface area contributed by atoms with Crippen molar-refractivity contribution in [2.24, 2.45) is 5.92 Å². The second-order valence-electron chi connectivity index (χ2n) is 27.8. The average Bonchev–Trinajstić information content (AvgIpc) is 1.56. The molecule has 0 fully saturated rings. The number of rotatable bonds is 3. The summed E-state index contributed by atoms with van der Waals surface area (Å²) in [6, 6.07) is 63.0. The first-order valence-corrected chi connectivity index (χ1v) is 33.5. The second kappa shape index (κ2) is 17.0.